The Hall–Kier alpha value is -1.87. The number of hydrogen-bond donors (Lipinski definition) is 1. The number of imidazole rings is 1. The topological polar surface area (TPSA) is 87.5 Å². The summed E-state index contributed by atoms with van der Waals surface area (Å²) >= 11 is 0. The third-order valence-electron chi connectivity index (χ3n) is 3.43. The molecular formula is C13H21N5O3S. The summed E-state index contributed by atoms with van der Waals surface area (Å²) in [5.41, 5.74) is 0. The van der Waals surface area contributed by atoms with Crippen LogP contribution in [-0.2, 0) is 17.1 Å². The molecule has 8 nitrogen and oxygen atoms in total. The van der Waals surface area contributed by atoms with Crippen LogP contribution in [0.5, 0.6) is 0 Å². The molecule has 22 heavy (non-hydrogen) atoms. The Morgan fingerprint density at radius 2 is 2.18 bits per heavy atom. The first kappa shape index (κ1) is 16.5. The van der Waals surface area contributed by atoms with E-state index >= 15 is 0 Å². The quantitative estimate of drug-likeness (QED) is 0.789. The largest absolute Gasteiger partial charge is 0.339 e. The van der Waals surface area contributed by atoms with E-state index in [4.69, 9.17) is 0 Å². The van der Waals surface area contributed by atoms with Gasteiger partial charge in [0.25, 0.3) is 10.0 Å². The normalized spacial score (nSPS) is 17.0. The summed E-state index contributed by atoms with van der Waals surface area (Å²) < 4.78 is 28.0. The minimum absolute atomic E-state index is 0.0413. The van der Waals surface area contributed by atoms with Gasteiger partial charge >= 0.3 is 6.03 Å². The van der Waals surface area contributed by atoms with Crippen LogP contribution in [-0.4, -0.2) is 65.9 Å². The Kier molecular flexibility index (Phi) is 5.19. The molecule has 0 bridgehead atoms. The number of nitrogens with zero attached hydrogens (tertiary/aromatic N) is 4. The van der Waals surface area contributed by atoms with Crippen LogP contribution in [0.1, 0.15) is 6.42 Å². The Morgan fingerprint density at radius 3 is 2.82 bits per heavy atom. The lowest BCUT2D eigenvalue weighted by Gasteiger charge is -2.21. The molecule has 0 aliphatic carbocycles. The third kappa shape index (κ3) is 3.66. The molecule has 9 heteroatoms. The second kappa shape index (κ2) is 6.93. The predicted molar refractivity (Wildman–Crippen MR) is 81.8 cm³/mol. The third-order valence-corrected chi connectivity index (χ3v) is 5.21. The number of aryl methyl sites for hydroxylation is 1. The highest BCUT2D eigenvalue weighted by molar-refractivity contribution is 7.89. The minimum Gasteiger partial charge on any atom is -0.339 e. The Bertz CT molecular complexity index is 640. The molecule has 2 rings (SSSR count). The van der Waals surface area contributed by atoms with Crippen LogP contribution in [0.3, 0.4) is 0 Å². The van der Waals surface area contributed by atoms with E-state index in [1.54, 1.807) is 22.6 Å². The van der Waals surface area contributed by atoms with E-state index in [2.05, 4.69) is 16.9 Å². The molecule has 1 aliphatic rings. The minimum atomic E-state index is -3.60. The van der Waals surface area contributed by atoms with E-state index in [0.29, 0.717) is 32.6 Å². The van der Waals surface area contributed by atoms with Crippen LogP contribution in [0, 0.1) is 0 Å². The van der Waals surface area contributed by atoms with Crippen LogP contribution in [0.15, 0.2) is 30.2 Å². The van der Waals surface area contributed by atoms with Gasteiger partial charge in [0, 0.05) is 46.0 Å². The molecule has 0 saturated carbocycles. The van der Waals surface area contributed by atoms with Crippen molar-refractivity contribution in [3.8, 4) is 0 Å². The molecule has 0 unspecified atom stereocenters. The van der Waals surface area contributed by atoms with Gasteiger partial charge in [-0.1, -0.05) is 6.08 Å². The van der Waals surface area contributed by atoms with Gasteiger partial charge in [-0.25, -0.2) is 18.2 Å². The van der Waals surface area contributed by atoms with Gasteiger partial charge in [0.05, 0.1) is 6.33 Å². The number of aromatic nitrogens is 2. The van der Waals surface area contributed by atoms with Crippen molar-refractivity contribution in [2.45, 2.75) is 11.4 Å². The van der Waals surface area contributed by atoms with Gasteiger partial charge in [0.1, 0.15) is 0 Å². The average Bonchev–Trinajstić information content (AvgIpc) is 2.77. The molecule has 0 atom stereocenters. The molecule has 1 aromatic heterocycles. The maximum Gasteiger partial charge on any atom is 0.317 e. The lowest BCUT2D eigenvalue weighted by Crippen LogP contribution is -2.42. The van der Waals surface area contributed by atoms with E-state index in [-0.39, 0.29) is 17.6 Å². The SMILES string of the molecule is C=CCNC(=O)N1CCCN(S(=O)(=O)c2cn(C)cn2)CC1. The summed E-state index contributed by atoms with van der Waals surface area (Å²) in [6.07, 6.45) is 5.13. The monoisotopic (exact) mass is 327 g/mol. The summed E-state index contributed by atoms with van der Waals surface area (Å²) in [5, 5.41) is 2.74. The highest BCUT2D eigenvalue weighted by Crippen LogP contribution is 2.15. The van der Waals surface area contributed by atoms with Crippen LogP contribution >= 0.6 is 0 Å². The summed E-state index contributed by atoms with van der Waals surface area (Å²) in [7, 11) is -1.88. The summed E-state index contributed by atoms with van der Waals surface area (Å²) in [5.74, 6) is 0. The molecule has 1 aromatic rings. The predicted octanol–water partition coefficient (Wildman–Crippen LogP) is 0.0121. The molecule has 0 spiro atoms. The zero-order valence-electron chi connectivity index (χ0n) is 12.6. The number of urea groups is 1. The fourth-order valence-corrected chi connectivity index (χ4v) is 3.70. The molecule has 1 saturated heterocycles. The number of sulfonamides is 1. The molecule has 1 fully saturated rings. The van der Waals surface area contributed by atoms with E-state index in [1.807, 2.05) is 0 Å². The van der Waals surface area contributed by atoms with Crippen LogP contribution in [0.25, 0.3) is 0 Å². The maximum absolute atomic E-state index is 12.5. The zero-order chi connectivity index (χ0) is 16.2. The van der Waals surface area contributed by atoms with Crippen LogP contribution in [0.2, 0.25) is 0 Å². The van der Waals surface area contributed by atoms with E-state index in [9.17, 15) is 13.2 Å². The van der Waals surface area contributed by atoms with E-state index < -0.39 is 10.0 Å². The van der Waals surface area contributed by atoms with Crippen molar-refractivity contribution in [3.05, 3.63) is 25.2 Å². The van der Waals surface area contributed by atoms with Gasteiger partial charge in [-0.2, -0.15) is 4.31 Å². The Balaban J connectivity index is 2.03. The van der Waals surface area contributed by atoms with Crippen molar-refractivity contribution in [2.24, 2.45) is 7.05 Å². The van der Waals surface area contributed by atoms with Crippen molar-refractivity contribution in [1.82, 2.24) is 24.1 Å². The van der Waals surface area contributed by atoms with Gasteiger partial charge in [-0.3, -0.25) is 0 Å². The fraction of sp³-hybridized carbons (Fsp3) is 0.538. The van der Waals surface area contributed by atoms with Crippen molar-refractivity contribution in [3.63, 3.8) is 0 Å². The zero-order valence-corrected chi connectivity index (χ0v) is 13.4. The summed E-state index contributed by atoms with van der Waals surface area (Å²) in [4.78, 5) is 17.5. The van der Waals surface area contributed by atoms with Crippen molar-refractivity contribution in [2.75, 3.05) is 32.7 Å². The number of amides is 2. The van der Waals surface area contributed by atoms with E-state index in [1.165, 1.54) is 16.8 Å². The van der Waals surface area contributed by atoms with Crippen LogP contribution < -0.4 is 5.32 Å². The molecule has 1 N–H and O–H groups in total. The molecule has 1 aliphatic heterocycles. The number of rotatable bonds is 4. The lowest BCUT2D eigenvalue weighted by atomic mass is 10.4. The highest BCUT2D eigenvalue weighted by Gasteiger charge is 2.29. The average molecular weight is 327 g/mol. The highest BCUT2D eigenvalue weighted by atomic mass is 32.2. The standard InChI is InChI=1S/C13H21N5O3S/c1-3-5-14-13(19)17-6-4-7-18(9-8-17)22(20,21)12-10-16(2)11-15-12/h3,10-11H,1,4-9H2,2H3,(H,14,19). The van der Waals surface area contributed by atoms with Gasteiger partial charge < -0.3 is 14.8 Å². The Morgan fingerprint density at radius 1 is 1.41 bits per heavy atom. The fourth-order valence-electron chi connectivity index (χ4n) is 2.26. The van der Waals surface area contributed by atoms with Gasteiger partial charge in [0.2, 0.25) is 0 Å². The number of carbonyl (C=O) groups is 1. The van der Waals surface area contributed by atoms with Gasteiger partial charge in [-0.15, -0.1) is 6.58 Å². The molecular weight excluding hydrogens is 306 g/mol. The lowest BCUT2D eigenvalue weighted by molar-refractivity contribution is 0.201. The molecule has 0 radical (unpaired) electrons. The maximum atomic E-state index is 12.5. The van der Waals surface area contributed by atoms with Crippen LogP contribution in [0.4, 0.5) is 4.79 Å². The number of carbonyl (C=O) groups excluding carboxylic acids is 1. The Labute approximate surface area is 130 Å². The summed E-state index contributed by atoms with van der Waals surface area (Å²) in [6.45, 7) is 5.47. The smallest absolute Gasteiger partial charge is 0.317 e. The molecule has 0 aromatic carbocycles. The second-order valence-electron chi connectivity index (χ2n) is 5.10. The number of hydrogen-bond acceptors (Lipinski definition) is 4. The van der Waals surface area contributed by atoms with Gasteiger partial charge in [0.15, 0.2) is 5.03 Å². The van der Waals surface area contributed by atoms with Crippen molar-refractivity contribution >= 4 is 16.1 Å². The van der Waals surface area contributed by atoms with E-state index in [0.717, 1.165) is 0 Å². The van der Waals surface area contributed by atoms with Crippen molar-refractivity contribution in [1.29, 1.82) is 0 Å². The first-order valence-electron chi connectivity index (χ1n) is 7.07. The first-order chi connectivity index (χ1) is 10.4. The second-order valence-corrected chi connectivity index (χ2v) is 6.98. The van der Waals surface area contributed by atoms with Crippen molar-refractivity contribution < 1.29 is 13.2 Å². The molecule has 2 amide bonds. The first-order valence-corrected chi connectivity index (χ1v) is 8.51. The van der Waals surface area contributed by atoms with Gasteiger partial charge in [-0.05, 0) is 6.42 Å². The molecule has 2 heterocycles. The number of nitrogens with one attached hydrogen (secondary N) is 1. The molecule has 122 valence electrons. The summed E-state index contributed by atoms with van der Waals surface area (Å²) in [6, 6.07) is -0.197.